The topological polar surface area (TPSA) is 29.5 Å². The van der Waals surface area contributed by atoms with Crippen molar-refractivity contribution in [2.75, 3.05) is 0 Å². The number of hydrogen-bond acceptors (Lipinski definition) is 2. The van der Waals surface area contributed by atoms with Crippen molar-refractivity contribution in [1.82, 2.24) is 0 Å². The average Bonchev–Trinajstić information content (AvgIpc) is 2.70. The highest BCUT2D eigenvalue weighted by Crippen LogP contribution is 2.43. The number of phenols is 1. The molecule has 0 saturated carbocycles. The van der Waals surface area contributed by atoms with Crippen molar-refractivity contribution in [3.8, 4) is 11.5 Å². The Kier molecular flexibility index (Phi) is 9.52. The Morgan fingerprint density at radius 3 is 1.94 bits per heavy atom. The third-order valence-corrected chi connectivity index (χ3v) is 7.44. The molecule has 176 valence electrons. The van der Waals surface area contributed by atoms with Gasteiger partial charge in [0.1, 0.15) is 17.1 Å². The van der Waals surface area contributed by atoms with E-state index < -0.39 is 0 Å². The molecule has 3 atom stereocenters. The molecule has 0 unspecified atom stereocenters. The second-order valence-corrected chi connectivity index (χ2v) is 11.1. The van der Waals surface area contributed by atoms with E-state index in [1.807, 2.05) is 13.8 Å². The highest BCUT2D eigenvalue weighted by Gasteiger charge is 2.30. The second kappa shape index (κ2) is 11.4. The van der Waals surface area contributed by atoms with E-state index in [2.05, 4.69) is 53.7 Å². The second-order valence-electron chi connectivity index (χ2n) is 11.1. The number of phenolic OH excluding ortho intramolecular Hbond substituents is 1. The zero-order valence-corrected chi connectivity index (χ0v) is 21.6. The predicted molar refractivity (Wildman–Crippen MR) is 135 cm³/mol. The summed E-state index contributed by atoms with van der Waals surface area (Å²) in [6.07, 6.45) is 16.1. The first-order valence-electron chi connectivity index (χ1n) is 12.7. The van der Waals surface area contributed by atoms with Crippen LogP contribution in [0.5, 0.6) is 11.5 Å². The Morgan fingerprint density at radius 1 is 0.806 bits per heavy atom. The van der Waals surface area contributed by atoms with Gasteiger partial charge in [-0.1, -0.05) is 78.7 Å². The summed E-state index contributed by atoms with van der Waals surface area (Å²) < 4.78 is 6.52. The maximum atomic E-state index is 10.4. The molecule has 2 rings (SSSR count). The predicted octanol–water partition coefficient (Wildman–Crippen LogP) is 8.92. The van der Waals surface area contributed by atoms with E-state index in [-0.39, 0.29) is 5.60 Å². The molecule has 1 aliphatic heterocycles. The highest BCUT2D eigenvalue weighted by atomic mass is 16.5. The Labute approximate surface area is 192 Å². The molecule has 2 nitrogen and oxygen atoms in total. The lowest BCUT2D eigenvalue weighted by atomic mass is 9.88. The number of hydrogen-bond donors (Lipinski definition) is 1. The number of rotatable bonds is 12. The van der Waals surface area contributed by atoms with Gasteiger partial charge in [-0.25, -0.2) is 0 Å². The van der Waals surface area contributed by atoms with Gasteiger partial charge in [-0.2, -0.15) is 0 Å². The normalized spacial score (nSPS) is 19.9. The van der Waals surface area contributed by atoms with Crippen molar-refractivity contribution in [3.63, 3.8) is 0 Å². The third-order valence-electron chi connectivity index (χ3n) is 7.44. The molecule has 1 aliphatic rings. The van der Waals surface area contributed by atoms with Crippen molar-refractivity contribution in [2.24, 2.45) is 17.8 Å². The summed E-state index contributed by atoms with van der Waals surface area (Å²) in [5, 5.41) is 10.4. The molecule has 2 heteroatoms. The van der Waals surface area contributed by atoms with Crippen LogP contribution in [0.2, 0.25) is 0 Å². The van der Waals surface area contributed by atoms with Crippen LogP contribution < -0.4 is 4.74 Å². The zero-order chi connectivity index (χ0) is 23.2. The summed E-state index contributed by atoms with van der Waals surface area (Å²) in [5.41, 5.74) is 3.70. The number of aromatic hydroxyl groups is 1. The average molecular weight is 429 g/mol. The summed E-state index contributed by atoms with van der Waals surface area (Å²) in [5.74, 6) is 3.86. The van der Waals surface area contributed by atoms with Gasteiger partial charge < -0.3 is 9.84 Å². The monoisotopic (exact) mass is 428 g/mol. The largest absolute Gasteiger partial charge is 0.507 e. The third kappa shape index (κ3) is 7.29. The molecule has 31 heavy (non-hydrogen) atoms. The van der Waals surface area contributed by atoms with Crippen LogP contribution in [-0.4, -0.2) is 10.7 Å². The van der Waals surface area contributed by atoms with E-state index in [9.17, 15) is 5.11 Å². The smallest absolute Gasteiger partial charge is 0.131 e. The van der Waals surface area contributed by atoms with Crippen molar-refractivity contribution in [2.45, 2.75) is 119 Å². The Hall–Kier alpha value is -1.44. The van der Waals surface area contributed by atoms with Crippen molar-refractivity contribution in [1.29, 1.82) is 0 Å². The van der Waals surface area contributed by atoms with Crippen LogP contribution in [0, 0.1) is 38.5 Å². The highest BCUT2D eigenvalue weighted by molar-refractivity contribution is 5.71. The maximum absolute atomic E-state index is 10.4. The molecule has 1 aromatic carbocycles. The summed E-state index contributed by atoms with van der Waals surface area (Å²) in [4.78, 5) is 0. The first-order chi connectivity index (χ1) is 14.5. The fourth-order valence-corrected chi connectivity index (χ4v) is 4.90. The molecule has 0 radical (unpaired) electrons. The van der Waals surface area contributed by atoms with Crippen LogP contribution in [0.3, 0.4) is 0 Å². The molecule has 0 fully saturated rings. The lowest BCUT2D eigenvalue weighted by Gasteiger charge is -2.34. The van der Waals surface area contributed by atoms with E-state index in [1.54, 1.807) is 0 Å². The molecular formula is C29H48O2. The van der Waals surface area contributed by atoms with E-state index in [0.717, 1.165) is 52.2 Å². The lowest BCUT2D eigenvalue weighted by Crippen LogP contribution is -2.32. The molecule has 1 N–H and O–H groups in total. The van der Waals surface area contributed by atoms with Gasteiger partial charge in [0.2, 0.25) is 0 Å². The first kappa shape index (κ1) is 25.8. The minimum atomic E-state index is -0.252. The molecule has 0 bridgehead atoms. The van der Waals surface area contributed by atoms with Gasteiger partial charge in [0, 0.05) is 11.1 Å². The lowest BCUT2D eigenvalue weighted by molar-refractivity contribution is 0.121. The van der Waals surface area contributed by atoms with Gasteiger partial charge in [0.25, 0.3) is 0 Å². The SMILES string of the molecule is Cc1c(C)c2c(c(C)c1O)C=C[C@@](C)(CCC[C@H](C)CCC[C@H](C)CCCC(C)C)O2. The first-order valence-corrected chi connectivity index (χ1v) is 12.7. The standard InChI is InChI=1S/C29H48O2/c1-20(2)12-9-13-21(3)14-10-15-22(4)16-11-18-29(8)19-17-26-25(7)27(30)23(5)24(6)28(26)31-29/h17,19-22,30H,9-16,18H2,1-8H3/t21-,22-,29-/m1/s1. The van der Waals surface area contributed by atoms with Gasteiger partial charge in [-0.05, 0) is 75.5 Å². The van der Waals surface area contributed by atoms with Gasteiger partial charge in [-0.3, -0.25) is 0 Å². The zero-order valence-electron chi connectivity index (χ0n) is 21.6. The fraction of sp³-hybridized carbons (Fsp3) is 0.724. The minimum Gasteiger partial charge on any atom is -0.507 e. The molecular weight excluding hydrogens is 380 g/mol. The Morgan fingerprint density at radius 2 is 1.35 bits per heavy atom. The van der Waals surface area contributed by atoms with E-state index >= 15 is 0 Å². The van der Waals surface area contributed by atoms with Crippen LogP contribution in [0.15, 0.2) is 6.08 Å². The molecule has 0 spiro atoms. The van der Waals surface area contributed by atoms with Gasteiger partial charge in [0.05, 0.1) is 0 Å². The van der Waals surface area contributed by atoms with Gasteiger partial charge in [-0.15, -0.1) is 0 Å². The summed E-state index contributed by atoms with van der Waals surface area (Å²) in [6.45, 7) is 17.7. The molecule has 1 aromatic rings. The van der Waals surface area contributed by atoms with Gasteiger partial charge >= 0.3 is 0 Å². The van der Waals surface area contributed by atoms with Crippen molar-refractivity contribution in [3.05, 3.63) is 28.3 Å². The number of ether oxygens (including phenoxy) is 1. The Bertz CT molecular complexity index is 746. The summed E-state index contributed by atoms with van der Waals surface area (Å²) in [7, 11) is 0. The van der Waals surface area contributed by atoms with Gasteiger partial charge in [0.15, 0.2) is 0 Å². The van der Waals surface area contributed by atoms with E-state index in [1.165, 1.54) is 51.4 Å². The summed E-state index contributed by atoms with van der Waals surface area (Å²) >= 11 is 0. The van der Waals surface area contributed by atoms with E-state index in [4.69, 9.17) is 4.74 Å². The quantitative estimate of drug-likeness (QED) is 0.360. The van der Waals surface area contributed by atoms with Crippen LogP contribution in [0.4, 0.5) is 0 Å². The van der Waals surface area contributed by atoms with Crippen molar-refractivity contribution >= 4 is 6.08 Å². The fourth-order valence-electron chi connectivity index (χ4n) is 4.90. The molecule has 0 aromatic heterocycles. The maximum Gasteiger partial charge on any atom is 0.131 e. The molecule has 1 heterocycles. The van der Waals surface area contributed by atoms with Crippen LogP contribution in [0.25, 0.3) is 6.08 Å². The van der Waals surface area contributed by atoms with E-state index in [0.29, 0.717) is 5.75 Å². The van der Waals surface area contributed by atoms with Crippen LogP contribution in [0.1, 0.15) is 115 Å². The molecule has 0 amide bonds. The molecule has 0 aliphatic carbocycles. The number of benzene rings is 1. The molecule has 0 saturated heterocycles. The Balaban J connectivity index is 1.76. The summed E-state index contributed by atoms with van der Waals surface area (Å²) in [6, 6.07) is 0. The van der Waals surface area contributed by atoms with Crippen LogP contribution in [-0.2, 0) is 0 Å². The number of fused-ring (bicyclic) bond motifs is 1. The van der Waals surface area contributed by atoms with Crippen molar-refractivity contribution < 1.29 is 9.84 Å². The minimum absolute atomic E-state index is 0.252. The van der Waals surface area contributed by atoms with Crippen LogP contribution >= 0.6 is 0 Å².